The molecule has 6 heteroatoms. The van der Waals surface area contributed by atoms with E-state index in [-0.39, 0.29) is 5.56 Å². The van der Waals surface area contributed by atoms with Crippen molar-refractivity contribution in [1.82, 2.24) is 10.3 Å². The molecule has 2 aromatic heterocycles. The number of aryl methyl sites for hydroxylation is 2. The van der Waals surface area contributed by atoms with Crippen molar-refractivity contribution in [3.8, 4) is 0 Å². The minimum absolute atomic E-state index is 0.174. The smallest absolute Gasteiger partial charge is 0.306 e. The van der Waals surface area contributed by atoms with Crippen LogP contribution in [0.5, 0.6) is 0 Å². The van der Waals surface area contributed by atoms with Gasteiger partial charge in [0.05, 0.1) is 11.6 Å². The van der Waals surface area contributed by atoms with Crippen LogP contribution in [-0.2, 0) is 6.18 Å². The fraction of sp³-hybridized carbons (Fsp3) is 0.400. The highest BCUT2D eigenvalue weighted by atomic mass is 32.1. The first-order valence-corrected chi connectivity index (χ1v) is 7.47. The Balaban J connectivity index is 2.53. The van der Waals surface area contributed by atoms with Crippen LogP contribution in [0, 0.1) is 13.8 Å². The molecule has 1 N–H and O–H groups in total. The zero-order chi connectivity index (χ0) is 15.6. The SMILES string of the molecule is CCNC(c1cc(C)c(C)s1)c1cnccc1C(F)(F)F. The molecule has 114 valence electrons. The molecule has 2 nitrogen and oxygen atoms in total. The summed E-state index contributed by atoms with van der Waals surface area (Å²) in [6.45, 7) is 6.39. The lowest BCUT2D eigenvalue weighted by molar-refractivity contribution is -0.138. The third-order valence-corrected chi connectivity index (χ3v) is 4.56. The molecule has 0 amide bonds. The minimum Gasteiger partial charge on any atom is -0.306 e. The second-order valence-corrected chi connectivity index (χ2v) is 6.13. The Hall–Kier alpha value is -1.40. The standard InChI is InChI=1S/C15H17F3N2S/c1-4-20-14(13-7-9(2)10(3)21-13)11-8-19-6-5-12(11)15(16,17)18/h5-8,14,20H,4H2,1-3H3. The second-order valence-electron chi connectivity index (χ2n) is 4.84. The molecular weight excluding hydrogens is 297 g/mol. The van der Waals surface area contributed by atoms with Crippen LogP contribution in [0.2, 0.25) is 0 Å². The van der Waals surface area contributed by atoms with Crippen LogP contribution in [0.25, 0.3) is 0 Å². The van der Waals surface area contributed by atoms with E-state index in [2.05, 4.69) is 10.3 Å². The molecule has 0 saturated heterocycles. The summed E-state index contributed by atoms with van der Waals surface area (Å²) in [6, 6.07) is 2.49. The van der Waals surface area contributed by atoms with Gasteiger partial charge in [-0.1, -0.05) is 6.92 Å². The lowest BCUT2D eigenvalue weighted by Crippen LogP contribution is -2.24. The van der Waals surface area contributed by atoms with E-state index in [0.717, 1.165) is 21.4 Å². The van der Waals surface area contributed by atoms with Gasteiger partial charge in [0.25, 0.3) is 0 Å². The summed E-state index contributed by atoms with van der Waals surface area (Å²) in [5.41, 5.74) is 0.635. The first-order valence-electron chi connectivity index (χ1n) is 6.66. The summed E-state index contributed by atoms with van der Waals surface area (Å²) < 4.78 is 39.6. The number of hydrogen-bond donors (Lipinski definition) is 1. The second kappa shape index (κ2) is 6.15. The summed E-state index contributed by atoms with van der Waals surface area (Å²) in [4.78, 5) is 5.88. The highest BCUT2D eigenvalue weighted by molar-refractivity contribution is 7.12. The third kappa shape index (κ3) is 3.44. The molecule has 0 aliphatic rings. The fourth-order valence-corrected chi connectivity index (χ4v) is 3.34. The van der Waals surface area contributed by atoms with E-state index < -0.39 is 17.8 Å². The quantitative estimate of drug-likeness (QED) is 0.900. The van der Waals surface area contributed by atoms with Crippen molar-refractivity contribution in [3.63, 3.8) is 0 Å². The molecule has 0 fully saturated rings. The molecule has 0 radical (unpaired) electrons. The maximum absolute atomic E-state index is 13.2. The van der Waals surface area contributed by atoms with Gasteiger partial charge >= 0.3 is 6.18 Å². The Morgan fingerprint density at radius 2 is 2.05 bits per heavy atom. The number of rotatable bonds is 4. The number of hydrogen-bond acceptors (Lipinski definition) is 3. The van der Waals surface area contributed by atoms with Gasteiger partial charge in [0, 0.05) is 27.7 Å². The van der Waals surface area contributed by atoms with Gasteiger partial charge < -0.3 is 5.32 Å². The number of alkyl halides is 3. The Morgan fingerprint density at radius 1 is 1.33 bits per heavy atom. The molecule has 0 spiro atoms. The molecule has 0 bridgehead atoms. The summed E-state index contributed by atoms with van der Waals surface area (Å²) in [7, 11) is 0. The van der Waals surface area contributed by atoms with Crippen LogP contribution in [0.3, 0.4) is 0 Å². The van der Waals surface area contributed by atoms with Crippen LogP contribution >= 0.6 is 11.3 Å². The summed E-state index contributed by atoms with van der Waals surface area (Å²) in [5, 5.41) is 3.14. The molecule has 0 saturated carbocycles. The van der Waals surface area contributed by atoms with Crippen molar-refractivity contribution in [2.45, 2.75) is 33.0 Å². The largest absolute Gasteiger partial charge is 0.416 e. The molecular formula is C15H17F3N2S. The molecule has 0 aliphatic heterocycles. The number of halogens is 3. The van der Waals surface area contributed by atoms with Crippen molar-refractivity contribution < 1.29 is 13.2 Å². The molecule has 0 aliphatic carbocycles. The van der Waals surface area contributed by atoms with E-state index >= 15 is 0 Å². The van der Waals surface area contributed by atoms with Crippen LogP contribution in [0.15, 0.2) is 24.5 Å². The monoisotopic (exact) mass is 314 g/mol. The van der Waals surface area contributed by atoms with Crippen LogP contribution < -0.4 is 5.32 Å². The topological polar surface area (TPSA) is 24.9 Å². The molecule has 2 heterocycles. The van der Waals surface area contributed by atoms with Crippen molar-refractivity contribution >= 4 is 11.3 Å². The summed E-state index contributed by atoms with van der Waals surface area (Å²) in [5.74, 6) is 0. The zero-order valence-corrected chi connectivity index (χ0v) is 12.9. The number of thiophene rings is 1. The lowest BCUT2D eigenvalue weighted by atomic mass is 10.0. The van der Waals surface area contributed by atoms with Gasteiger partial charge in [0.15, 0.2) is 0 Å². The van der Waals surface area contributed by atoms with Crippen molar-refractivity contribution in [3.05, 3.63) is 51.0 Å². The average Bonchev–Trinajstić information content (AvgIpc) is 2.75. The first kappa shape index (κ1) is 16.0. The lowest BCUT2D eigenvalue weighted by Gasteiger charge is -2.21. The van der Waals surface area contributed by atoms with Crippen LogP contribution in [0.1, 0.15) is 39.4 Å². The molecule has 2 aromatic rings. The van der Waals surface area contributed by atoms with Crippen molar-refractivity contribution in [1.29, 1.82) is 0 Å². The molecule has 21 heavy (non-hydrogen) atoms. The predicted octanol–water partition coefficient (Wildman–Crippen LogP) is 4.48. The predicted molar refractivity (Wildman–Crippen MR) is 78.6 cm³/mol. The number of nitrogens with one attached hydrogen (secondary N) is 1. The third-order valence-electron chi connectivity index (χ3n) is 3.35. The highest BCUT2D eigenvalue weighted by Gasteiger charge is 2.35. The highest BCUT2D eigenvalue weighted by Crippen LogP contribution is 2.38. The maximum Gasteiger partial charge on any atom is 0.416 e. The van der Waals surface area contributed by atoms with E-state index in [4.69, 9.17) is 0 Å². The van der Waals surface area contributed by atoms with Gasteiger partial charge in [0.2, 0.25) is 0 Å². The van der Waals surface area contributed by atoms with E-state index in [1.807, 2.05) is 26.8 Å². The van der Waals surface area contributed by atoms with Crippen LogP contribution in [0.4, 0.5) is 13.2 Å². The number of pyridine rings is 1. The molecule has 2 rings (SSSR count). The molecule has 1 unspecified atom stereocenters. The van der Waals surface area contributed by atoms with Gasteiger partial charge in [-0.05, 0) is 38.1 Å². The normalized spacial score (nSPS) is 13.4. The molecule has 1 atom stereocenters. The van der Waals surface area contributed by atoms with E-state index in [9.17, 15) is 13.2 Å². The van der Waals surface area contributed by atoms with Gasteiger partial charge in [-0.2, -0.15) is 13.2 Å². The minimum atomic E-state index is -4.38. The van der Waals surface area contributed by atoms with E-state index in [1.54, 1.807) is 0 Å². The number of aromatic nitrogens is 1. The molecule has 0 aromatic carbocycles. The number of nitrogens with zero attached hydrogens (tertiary/aromatic N) is 1. The van der Waals surface area contributed by atoms with E-state index in [1.165, 1.54) is 23.7 Å². The summed E-state index contributed by atoms with van der Waals surface area (Å²) >= 11 is 1.52. The Bertz CT molecular complexity index is 600. The van der Waals surface area contributed by atoms with Crippen LogP contribution in [-0.4, -0.2) is 11.5 Å². The van der Waals surface area contributed by atoms with Gasteiger partial charge in [-0.25, -0.2) is 0 Å². The van der Waals surface area contributed by atoms with Crippen molar-refractivity contribution in [2.75, 3.05) is 6.54 Å². The van der Waals surface area contributed by atoms with Gasteiger partial charge in [-0.3, -0.25) is 4.98 Å². The Morgan fingerprint density at radius 3 is 2.57 bits per heavy atom. The average molecular weight is 314 g/mol. The van der Waals surface area contributed by atoms with Crippen molar-refractivity contribution in [2.24, 2.45) is 0 Å². The van der Waals surface area contributed by atoms with E-state index in [0.29, 0.717) is 6.54 Å². The Labute approximate surface area is 126 Å². The first-order chi connectivity index (χ1) is 9.84. The summed E-state index contributed by atoms with van der Waals surface area (Å²) in [6.07, 6.45) is -1.89. The fourth-order valence-electron chi connectivity index (χ4n) is 2.21. The van der Waals surface area contributed by atoms with Gasteiger partial charge in [0.1, 0.15) is 0 Å². The van der Waals surface area contributed by atoms with Gasteiger partial charge in [-0.15, -0.1) is 11.3 Å². The Kier molecular flexibility index (Phi) is 4.68. The maximum atomic E-state index is 13.2. The zero-order valence-electron chi connectivity index (χ0n) is 12.1.